The van der Waals surface area contributed by atoms with Crippen LogP contribution in [-0.2, 0) is 45.9 Å². The van der Waals surface area contributed by atoms with Crippen molar-refractivity contribution in [2.24, 2.45) is 12.2 Å². The lowest BCUT2D eigenvalue weighted by molar-refractivity contribution is -0.656. The van der Waals surface area contributed by atoms with Gasteiger partial charge in [-0.2, -0.15) is 22.5 Å². The second-order valence-corrected chi connectivity index (χ2v) is 13.6. The summed E-state index contributed by atoms with van der Waals surface area (Å²) in [5.41, 5.74) is 12.3. The lowest BCUT2D eigenvalue weighted by Gasteiger charge is -2.50. The van der Waals surface area contributed by atoms with E-state index < -0.39 is 35.5 Å². The van der Waals surface area contributed by atoms with Crippen molar-refractivity contribution < 1.29 is 60.6 Å². The van der Waals surface area contributed by atoms with Gasteiger partial charge in [0.2, 0.25) is 0 Å². The Hall–Kier alpha value is -4.70. The van der Waals surface area contributed by atoms with Crippen molar-refractivity contribution in [2.45, 2.75) is 50.6 Å². The number of anilines is 2. The van der Waals surface area contributed by atoms with E-state index in [0.717, 1.165) is 64.2 Å². The quantitative estimate of drug-likeness (QED) is 0.0490. The predicted octanol–water partition coefficient (Wildman–Crippen LogP) is 1.95. The third kappa shape index (κ3) is 10.3. The van der Waals surface area contributed by atoms with Crippen LogP contribution in [0.15, 0.2) is 47.1 Å². The molecule has 1 saturated heterocycles. The number of oxime groups is 1. The van der Waals surface area contributed by atoms with Crippen LogP contribution in [0.3, 0.4) is 0 Å². The largest absolute Gasteiger partial charge is 0.490 e. The molecule has 2 aromatic heterocycles. The molecule has 16 nitrogen and oxygen atoms in total. The van der Waals surface area contributed by atoms with E-state index in [1.54, 1.807) is 19.2 Å². The van der Waals surface area contributed by atoms with Crippen LogP contribution in [0, 0.1) is 0 Å². The third-order valence-electron chi connectivity index (χ3n) is 7.98. The van der Waals surface area contributed by atoms with Crippen molar-refractivity contribution in [3.05, 3.63) is 53.2 Å². The zero-order valence-corrected chi connectivity index (χ0v) is 31.2. The highest BCUT2D eigenvalue weighted by atomic mass is 32.2. The number of halogens is 3. The van der Waals surface area contributed by atoms with Gasteiger partial charge in [0, 0.05) is 17.0 Å². The number of quaternary nitrogens is 1. The van der Waals surface area contributed by atoms with Crippen LogP contribution in [0.4, 0.5) is 24.1 Å². The number of rotatable bonds is 13. The van der Waals surface area contributed by atoms with Crippen molar-refractivity contribution in [1.29, 1.82) is 0 Å². The average molecular weight is 787 g/mol. The first kappa shape index (κ1) is 41.1. The van der Waals surface area contributed by atoms with Gasteiger partial charge in [-0.15, -0.1) is 11.3 Å². The number of carbonyl (C=O) groups excluding carboxylic acids is 3. The highest BCUT2D eigenvalue weighted by Crippen LogP contribution is 2.35. The number of fused-ring (bicyclic) bond motifs is 1. The van der Waals surface area contributed by atoms with Gasteiger partial charge in [0.15, 0.2) is 29.8 Å². The Labute approximate surface area is 311 Å². The first-order valence-electron chi connectivity index (χ1n) is 16.0. The summed E-state index contributed by atoms with van der Waals surface area (Å²) in [6, 6.07) is 9.48. The zero-order chi connectivity index (χ0) is 38.9. The molecule has 288 valence electrons. The Morgan fingerprint density at radius 2 is 1.98 bits per heavy atom. The maximum absolute atomic E-state index is 13.3. The number of benzene rings is 1. The Morgan fingerprint density at radius 1 is 1.25 bits per heavy atom. The number of pyridine rings is 1. The smallest absolute Gasteiger partial charge is 0.486 e. The van der Waals surface area contributed by atoms with Gasteiger partial charge >= 0.3 is 12.1 Å². The minimum Gasteiger partial charge on any atom is -0.486 e. The minimum atomic E-state index is -4.85. The lowest BCUT2D eigenvalue weighted by atomic mass is 9.84. The number of aromatic nitrogens is 2. The summed E-state index contributed by atoms with van der Waals surface area (Å²) in [7, 11) is 4.11. The molecule has 2 atom stereocenters. The number of thiazole rings is 1. The van der Waals surface area contributed by atoms with E-state index in [1.165, 1.54) is 7.11 Å². The van der Waals surface area contributed by atoms with Gasteiger partial charge in [-0.25, -0.2) is 14.3 Å². The molecule has 7 N–H and O–H groups in total. The second-order valence-electron chi connectivity index (χ2n) is 12.1. The average Bonchev–Trinajstić information content (AvgIpc) is 3.56. The fraction of sp³-hybridized carbons (Fsp3) is 0.438. The summed E-state index contributed by atoms with van der Waals surface area (Å²) in [5, 5.41) is 13.2. The van der Waals surface area contributed by atoms with Crippen molar-refractivity contribution in [1.82, 2.24) is 15.4 Å². The highest BCUT2D eigenvalue weighted by molar-refractivity contribution is 7.89. The number of aryl methyl sites for hydroxylation is 2. The number of nitrogens with zero attached hydrogens (tertiary/aromatic N) is 4. The number of hydrogen-bond donors (Lipinski definition) is 4. The number of amides is 2. The number of nitrogens with two attached hydrogens (primary N) is 1. The molecule has 0 spiro atoms. The van der Waals surface area contributed by atoms with Gasteiger partial charge in [-0.3, -0.25) is 19.1 Å². The van der Waals surface area contributed by atoms with Crippen molar-refractivity contribution in [3.63, 3.8) is 0 Å². The van der Waals surface area contributed by atoms with Crippen LogP contribution >= 0.6 is 23.7 Å². The summed E-state index contributed by atoms with van der Waals surface area (Å²) >= 11 is 1.82. The van der Waals surface area contributed by atoms with Crippen LogP contribution in [0.5, 0.6) is 5.75 Å². The number of esters is 1. The maximum Gasteiger partial charge on any atom is 0.490 e. The first-order chi connectivity index (χ1) is 25.1. The lowest BCUT2D eigenvalue weighted by Crippen LogP contribution is -2.76. The fourth-order valence-corrected chi connectivity index (χ4v) is 6.14. The molecule has 5 rings (SSSR count). The summed E-state index contributed by atoms with van der Waals surface area (Å²) < 4.78 is 54.6. The maximum atomic E-state index is 13.3. The molecule has 3 aromatic rings. The fourth-order valence-electron chi connectivity index (χ4n) is 5.21. The van der Waals surface area contributed by atoms with Crippen molar-refractivity contribution in [2.75, 3.05) is 45.0 Å². The van der Waals surface area contributed by atoms with E-state index in [4.69, 9.17) is 23.8 Å². The normalized spacial score (nSPS) is 17.7. The van der Waals surface area contributed by atoms with Gasteiger partial charge in [0.1, 0.15) is 36.7 Å². The molecule has 21 heteroatoms. The Balaban J connectivity index is 0.000000703. The summed E-state index contributed by atoms with van der Waals surface area (Å²) in [4.78, 5) is 45.3. The van der Waals surface area contributed by atoms with E-state index in [1.807, 2.05) is 19.2 Å². The third-order valence-corrected chi connectivity index (χ3v) is 9.00. The first-order valence-corrected chi connectivity index (χ1v) is 17.6. The van der Waals surface area contributed by atoms with E-state index >= 15 is 0 Å². The molecule has 0 saturated carbocycles. The molecule has 0 aliphatic carbocycles. The van der Waals surface area contributed by atoms with Gasteiger partial charge in [0.05, 0.1) is 33.0 Å². The molecular formula is C32H41F3N8O8S2+2. The van der Waals surface area contributed by atoms with E-state index in [9.17, 15) is 27.6 Å². The van der Waals surface area contributed by atoms with Crippen LogP contribution in [-0.4, -0.2) is 91.3 Å². The number of ether oxygens (including phenoxy) is 2. The van der Waals surface area contributed by atoms with Gasteiger partial charge in [-0.1, -0.05) is 11.2 Å². The van der Waals surface area contributed by atoms with Crippen molar-refractivity contribution >= 4 is 58.1 Å². The number of hydroxylamine groups is 2. The van der Waals surface area contributed by atoms with Crippen molar-refractivity contribution in [3.8, 4) is 16.9 Å². The molecule has 2 aliphatic heterocycles. The number of hydrogen-bond acceptors (Lipinski definition) is 14. The molecule has 0 bridgehead atoms. The Bertz CT molecular complexity index is 1810. The van der Waals surface area contributed by atoms with Crippen LogP contribution in [0.2, 0.25) is 0 Å². The zero-order valence-electron chi connectivity index (χ0n) is 29.5. The number of nitrogen functional groups attached to an aromatic ring is 1. The summed E-state index contributed by atoms with van der Waals surface area (Å²) in [6.07, 6.45) is -1.52. The van der Waals surface area contributed by atoms with Gasteiger partial charge in [0.25, 0.3) is 17.6 Å². The Morgan fingerprint density at radius 3 is 2.57 bits per heavy atom. The van der Waals surface area contributed by atoms with Crippen LogP contribution < -0.4 is 31.4 Å². The standard InChI is InChI=1S/C29H36N8O6S2.C3H3F3O2/c1-29(2)25(27(39)37(29)43-45-40-4)34-26(38)24(21-16-44-28(31)33-21)35-41-15-20-8-5-18-13-17(6-9-22(18)42-20)19-7-10-23(32-12-11-30)36(3)14-19;1-8-2(7)3(4,5)6/h6-7,9-10,13-14,16,20,25H,5,8,11-12,15,30H2,1-4H3,(H3,31,33,34,38);1H3/p+2/b35-24-;. The van der Waals surface area contributed by atoms with Crippen LogP contribution in [0.25, 0.3) is 11.1 Å². The summed E-state index contributed by atoms with van der Waals surface area (Å²) in [6.45, 7) is 5.25. The van der Waals surface area contributed by atoms with E-state index in [2.05, 4.69) is 60.2 Å². The van der Waals surface area contributed by atoms with Crippen LogP contribution in [0.1, 0.15) is 31.5 Å². The van der Waals surface area contributed by atoms with E-state index in [0.29, 0.717) is 25.9 Å². The second kappa shape index (κ2) is 17.9. The molecule has 2 aliphatic rings. The highest BCUT2D eigenvalue weighted by Gasteiger charge is 2.57. The Kier molecular flexibility index (Phi) is 13.9. The minimum absolute atomic E-state index is 0.0984. The molecular weight excluding hydrogens is 746 g/mol. The number of carbonyl (C=O) groups is 3. The van der Waals surface area contributed by atoms with Gasteiger partial charge < -0.3 is 31.1 Å². The molecule has 4 heterocycles. The topological polar surface area (TPSA) is 207 Å². The molecule has 1 fully saturated rings. The molecule has 2 amide bonds. The molecule has 1 aromatic carbocycles. The number of alkyl halides is 3. The molecule has 53 heavy (non-hydrogen) atoms. The number of methoxy groups -OCH3 is 1. The number of β-lactam (4-membered cyclic amide) rings is 1. The van der Waals surface area contributed by atoms with E-state index in [-0.39, 0.29) is 29.2 Å². The predicted molar refractivity (Wildman–Crippen MR) is 188 cm³/mol. The number of nitrogens with one attached hydrogen (secondary N) is 2. The summed E-state index contributed by atoms with van der Waals surface area (Å²) in [5.74, 6) is -1.41. The molecule has 0 radical (unpaired) electrons. The molecule has 2 unspecified atom stereocenters. The monoisotopic (exact) mass is 786 g/mol. The van der Waals surface area contributed by atoms with Gasteiger partial charge in [-0.05, 0) is 56.0 Å². The SMILES string of the molecule is COC(=O)C(F)(F)F.COSON1C(=O)C(NC(=O)/C(=N\OCC2CCc3cc(-c4ccc(NCC[NH3+])[n+](C)c4)ccc3O2)c2csc(N)n2)C1(C)C.